The molecule has 2 unspecified atom stereocenters. The Kier molecular flexibility index (Phi) is 10.1. The molecule has 4 aromatic rings. The van der Waals surface area contributed by atoms with Crippen LogP contribution in [-0.4, -0.2) is 94.8 Å². The van der Waals surface area contributed by atoms with E-state index in [9.17, 15) is 9.59 Å². The monoisotopic (exact) mass is 702 g/mol. The zero-order chi connectivity index (χ0) is 31.3. The van der Waals surface area contributed by atoms with E-state index in [0.717, 1.165) is 83.5 Å². The van der Waals surface area contributed by atoms with E-state index in [4.69, 9.17) is 9.47 Å². The number of anilines is 4. The third-order valence-corrected chi connectivity index (χ3v) is 12.0. The van der Waals surface area contributed by atoms with Crippen LogP contribution in [0.5, 0.6) is 0 Å². The molecule has 2 atom stereocenters. The van der Waals surface area contributed by atoms with Crippen LogP contribution >= 0.6 is 45.3 Å². The second-order valence-corrected chi connectivity index (χ2v) is 15.0. The summed E-state index contributed by atoms with van der Waals surface area (Å²) in [6.07, 6.45) is 4.29. The SMILES string of the molecule is O=C(Cc1csc(N2CCOCC2)n1)Nc1nnc(C2CCCC(c3nnc(NC(=O)Cc4csc(N5CCOCC5)n4)s3)C2)s1. The molecule has 3 aliphatic rings. The molecule has 2 aliphatic heterocycles. The molecule has 0 aromatic carbocycles. The molecule has 7 rings (SSSR count). The summed E-state index contributed by atoms with van der Waals surface area (Å²) in [6, 6.07) is 0. The number of nitrogens with one attached hydrogen (secondary N) is 2. The molecule has 2 amide bonds. The second-order valence-electron chi connectivity index (χ2n) is 11.3. The molecular weight excluding hydrogens is 669 g/mol. The van der Waals surface area contributed by atoms with Crippen molar-refractivity contribution < 1.29 is 19.1 Å². The number of hydrogen-bond donors (Lipinski definition) is 2. The lowest BCUT2D eigenvalue weighted by molar-refractivity contribution is -0.116. The van der Waals surface area contributed by atoms with Crippen molar-refractivity contribution in [3.8, 4) is 0 Å². The highest BCUT2D eigenvalue weighted by molar-refractivity contribution is 7.16. The predicted molar refractivity (Wildman–Crippen MR) is 179 cm³/mol. The Morgan fingerprint density at radius 2 is 1.17 bits per heavy atom. The van der Waals surface area contributed by atoms with Crippen molar-refractivity contribution in [3.63, 3.8) is 0 Å². The maximum atomic E-state index is 12.7. The molecular formula is C28H34N10O4S4. The Balaban J connectivity index is 0.889. The summed E-state index contributed by atoms with van der Waals surface area (Å²) >= 11 is 5.97. The smallest absolute Gasteiger partial charge is 0.232 e. The van der Waals surface area contributed by atoms with E-state index in [1.807, 2.05) is 10.8 Å². The van der Waals surface area contributed by atoms with Gasteiger partial charge in [0.15, 0.2) is 10.3 Å². The molecule has 46 heavy (non-hydrogen) atoms. The second kappa shape index (κ2) is 14.7. The van der Waals surface area contributed by atoms with Gasteiger partial charge in [0.1, 0.15) is 10.0 Å². The molecule has 18 heteroatoms. The van der Waals surface area contributed by atoms with E-state index in [-0.39, 0.29) is 36.5 Å². The summed E-state index contributed by atoms with van der Waals surface area (Å²) < 4.78 is 10.8. The Morgan fingerprint density at radius 3 is 1.63 bits per heavy atom. The lowest BCUT2D eigenvalue weighted by Gasteiger charge is -2.26. The van der Waals surface area contributed by atoms with Crippen molar-refractivity contribution in [3.05, 3.63) is 32.2 Å². The van der Waals surface area contributed by atoms with Gasteiger partial charge in [0.05, 0.1) is 50.7 Å². The van der Waals surface area contributed by atoms with Gasteiger partial charge in [-0.25, -0.2) is 9.97 Å². The quantitative estimate of drug-likeness (QED) is 0.247. The van der Waals surface area contributed by atoms with Crippen molar-refractivity contribution in [2.45, 2.75) is 50.4 Å². The number of hydrogen-bond acceptors (Lipinski definition) is 16. The predicted octanol–water partition coefficient (Wildman–Crippen LogP) is 3.78. The summed E-state index contributed by atoms with van der Waals surface area (Å²) in [7, 11) is 0. The van der Waals surface area contributed by atoms with Crippen LogP contribution in [-0.2, 0) is 31.9 Å². The number of carbonyl (C=O) groups excluding carboxylic acids is 2. The van der Waals surface area contributed by atoms with Gasteiger partial charge in [-0.05, 0) is 19.3 Å². The number of ether oxygens (including phenoxy) is 2. The topological polar surface area (TPSA) is 160 Å². The Hall–Kier alpha value is -3.16. The van der Waals surface area contributed by atoms with Crippen molar-refractivity contribution in [2.24, 2.45) is 0 Å². The molecule has 0 radical (unpaired) electrons. The van der Waals surface area contributed by atoms with Gasteiger partial charge >= 0.3 is 0 Å². The standard InChI is InChI=1S/C28H34N10O4S4/c39-21(13-19-15-43-27(29-19)37-4-8-41-9-5-37)31-25-35-33-23(45-25)17-2-1-3-18(12-17)24-34-36-26(46-24)32-22(40)14-20-16-44-28(30-20)38-6-10-42-11-7-38/h15-18H,1-14H2,(H,31,35,39)(H,32,36,40). The molecule has 3 fully saturated rings. The number of rotatable bonds is 10. The third-order valence-electron chi connectivity index (χ3n) is 8.07. The summed E-state index contributed by atoms with van der Waals surface area (Å²) in [6.45, 7) is 6.05. The zero-order valence-electron chi connectivity index (χ0n) is 25.1. The van der Waals surface area contributed by atoms with Crippen molar-refractivity contribution in [2.75, 3.05) is 73.0 Å². The number of aromatic nitrogens is 6. The molecule has 2 saturated heterocycles. The maximum Gasteiger partial charge on any atom is 0.232 e. The average Bonchev–Trinajstić information content (AvgIpc) is 3.91. The number of carbonyl (C=O) groups is 2. The first-order valence-corrected chi connectivity index (χ1v) is 18.8. The first-order valence-electron chi connectivity index (χ1n) is 15.4. The van der Waals surface area contributed by atoms with E-state index in [0.29, 0.717) is 36.7 Å². The third kappa shape index (κ3) is 7.86. The lowest BCUT2D eigenvalue weighted by Crippen LogP contribution is -2.36. The lowest BCUT2D eigenvalue weighted by atomic mass is 9.82. The fourth-order valence-electron chi connectivity index (χ4n) is 5.75. The summed E-state index contributed by atoms with van der Waals surface area (Å²) in [5.41, 5.74) is 1.50. The van der Waals surface area contributed by atoms with Crippen molar-refractivity contribution in [1.82, 2.24) is 30.4 Å². The summed E-state index contributed by atoms with van der Waals surface area (Å²) in [4.78, 5) is 39.1. The van der Waals surface area contributed by atoms with Crippen LogP contribution in [0.4, 0.5) is 20.5 Å². The van der Waals surface area contributed by atoms with Gasteiger partial charge in [-0.1, -0.05) is 29.1 Å². The molecule has 0 bridgehead atoms. The van der Waals surface area contributed by atoms with Gasteiger partial charge in [0.25, 0.3) is 0 Å². The number of thiazole rings is 2. The number of nitrogens with zero attached hydrogens (tertiary/aromatic N) is 8. The normalized spacial score (nSPS) is 20.5. The van der Waals surface area contributed by atoms with Crippen LogP contribution in [0.1, 0.15) is 58.9 Å². The largest absolute Gasteiger partial charge is 0.378 e. The van der Waals surface area contributed by atoms with Gasteiger partial charge in [0, 0.05) is 48.8 Å². The zero-order valence-corrected chi connectivity index (χ0v) is 28.3. The van der Waals surface area contributed by atoms with E-state index in [2.05, 4.69) is 50.8 Å². The molecule has 244 valence electrons. The van der Waals surface area contributed by atoms with Gasteiger partial charge < -0.3 is 29.9 Å². The van der Waals surface area contributed by atoms with Crippen LogP contribution in [0, 0.1) is 0 Å². The average molecular weight is 703 g/mol. The van der Waals surface area contributed by atoms with E-state index < -0.39 is 0 Å². The highest BCUT2D eigenvalue weighted by Crippen LogP contribution is 2.43. The van der Waals surface area contributed by atoms with E-state index in [1.165, 1.54) is 22.7 Å². The van der Waals surface area contributed by atoms with Crippen LogP contribution in [0.25, 0.3) is 0 Å². The highest BCUT2D eigenvalue weighted by atomic mass is 32.1. The minimum Gasteiger partial charge on any atom is -0.378 e. The fraction of sp³-hybridized carbons (Fsp3) is 0.571. The Labute approximate surface area is 281 Å². The minimum absolute atomic E-state index is 0.154. The van der Waals surface area contributed by atoms with Gasteiger partial charge in [-0.3, -0.25) is 9.59 Å². The highest BCUT2D eigenvalue weighted by Gasteiger charge is 2.30. The summed E-state index contributed by atoms with van der Waals surface area (Å²) in [5, 5.41) is 31.7. The first-order chi connectivity index (χ1) is 22.6. The minimum atomic E-state index is -0.154. The maximum absolute atomic E-state index is 12.7. The van der Waals surface area contributed by atoms with Gasteiger partial charge in [-0.2, -0.15) is 0 Å². The van der Waals surface area contributed by atoms with E-state index >= 15 is 0 Å². The number of amides is 2. The fourth-order valence-corrected chi connectivity index (χ4v) is 9.32. The first kappa shape index (κ1) is 31.4. The van der Waals surface area contributed by atoms with Gasteiger partial charge in [0.2, 0.25) is 22.1 Å². The molecule has 1 saturated carbocycles. The van der Waals surface area contributed by atoms with Crippen LogP contribution in [0.2, 0.25) is 0 Å². The van der Waals surface area contributed by atoms with Crippen LogP contribution in [0.15, 0.2) is 10.8 Å². The molecule has 2 N–H and O–H groups in total. The van der Waals surface area contributed by atoms with Crippen molar-refractivity contribution >= 4 is 77.7 Å². The Bertz CT molecular complexity index is 1510. The van der Waals surface area contributed by atoms with Crippen molar-refractivity contribution in [1.29, 1.82) is 0 Å². The van der Waals surface area contributed by atoms with Crippen LogP contribution < -0.4 is 20.4 Å². The molecule has 1 aliphatic carbocycles. The molecule has 14 nitrogen and oxygen atoms in total. The number of morpholine rings is 2. The van der Waals surface area contributed by atoms with Gasteiger partial charge in [-0.15, -0.1) is 43.1 Å². The van der Waals surface area contributed by atoms with E-state index in [1.54, 1.807) is 22.7 Å². The summed E-state index contributed by atoms with van der Waals surface area (Å²) in [5.74, 6) is 0.144. The Morgan fingerprint density at radius 1 is 0.717 bits per heavy atom. The molecule has 4 aromatic heterocycles. The molecule has 0 spiro atoms. The molecule has 6 heterocycles. The van der Waals surface area contributed by atoms with Crippen LogP contribution in [0.3, 0.4) is 0 Å².